The van der Waals surface area contributed by atoms with E-state index in [-0.39, 0.29) is 22.6 Å². The highest BCUT2D eigenvalue weighted by molar-refractivity contribution is 7.91. The second-order valence-electron chi connectivity index (χ2n) is 8.88. The zero-order valence-electron chi connectivity index (χ0n) is 19.5. The van der Waals surface area contributed by atoms with Crippen LogP contribution in [-0.4, -0.2) is 80.3 Å². The zero-order chi connectivity index (χ0) is 25.3. The van der Waals surface area contributed by atoms with E-state index in [0.29, 0.717) is 50.6 Å². The molecule has 36 heavy (non-hydrogen) atoms. The maximum atomic E-state index is 13.1. The first-order chi connectivity index (χ1) is 17.3. The smallest absolute Gasteiger partial charge is 0.250 e. The summed E-state index contributed by atoms with van der Waals surface area (Å²) in [7, 11) is -3.90. The molecule has 0 saturated carbocycles. The van der Waals surface area contributed by atoms with Crippen LogP contribution in [0.2, 0.25) is 5.02 Å². The summed E-state index contributed by atoms with van der Waals surface area (Å²) in [5.41, 5.74) is 0. The minimum atomic E-state index is -3.90. The Kier molecular flexibility index (Phi) is 7.16. The number of benzene rings is 1. The topological polar surface area (TPSA) is 103 Å². The van der Waals surface area contributed by atoms with Gasteiger partial charge in [0.15, 0.2) is 0 Å². The standard InChI is InChI=1S/C24H26ClN5O4S2/c25-18-7-6-17-14-23(35-20(17)15-18)36(33,34)27-19-4-3-9-30(24(19)32)16-22(31)29-12-10-28(11-13-29)21-5-1-2-8-26-21/h1-2,5-8,14-15,19,27H,3-4,9-13,16H2. The Morgan fingerprint density at radius 1 is 1.11 bits per heavy atom. The molecule has 2 fully saturated rings. The molecular weight excluding hydrogens is 522 g/mol. The fourth-order valence-corrected chi connectivity index (χ4v) is 7.47. The van der Waals surface area contributed by atoms with Crippen LogP contribution in [0.3, 0.4) is 0 Å². The lowest BCUT2D eigenvalue weighted by molar-refractivity contribution is -0.143. The van der Waals surface area contributed by atoms with Crippen molar-refractivity contribution in [2.24, 2.45) is 0 Å². The Labute approximate surface area is 218 Å². The van der Waals surface area contributed by atoms with Crippen LogP contribution in [0.15, 0.2) is 52.9 Å². The van der Waals surface area contributed by atoms with Crippen molar-refractivity contribution >= 4 is 60.7 Å². The number of aromatic nitrogens is 1. The van der Waals surface area contributed by atoms with Crippen LogP contribution in [0.4, 0.5) is 5.82 Å². The molecule has 3 aromatic rings. The minimum Gasteiger partial charge on any atom is -0.353 e. The molecule has 4 heterocycles. The number of nitrogens with one attached hydrogen (secondary N) is 1. The minimum absolute atomic E-state index is 0.0535. The first-order valence-corrected chi connectivity index (χ1v) is 14.4. The van der Waals surface area contributed by atoms with Crippen molar-refractivity contribution in [1.29, 1.82) is 0 Å². The predicted molar refractivity (Wildman–Crippen MR) is 140 cm³/mol. The number of thiophene rings is 1. The third kappa shape index (κ3) is 5.34. The highest BCUT2D eigenvalue weighted by Crippen LogP contribution is 2.31. The predicted octanol–water partition coefficient (Wildman–Crippen LogP) is 2.57. The van der Waals surface area contributed by atoms with Gasteiger partial charge in [-0.15, -0.1) is 11.3 Å². The van der Waals surface area contributed by atoms with Crippen molar-refractivity contribution in [1.82, 2.24) is 19.5 Å². The number of anilines is 1. The first kappa shape index (κ1) is 24.9. The Morgan fingerprint density at radius 2 is 1.92 bits per heavy atom. The second kappa shape index (κ2) is 10.3. The molecule has 1 atom stereocenters. The normalized spacial score (nSPS) is 19.2. The van der Waals surface area contributed by atoms with Gasteiger partial charge in [0.25, 0.3) is 10.0 Å². The van der Waals surface area contributed by atoms with Crippen LogP contribution in [-0.2, 0) is 19.6 Å². The molecule has 9 nitrogen and oxygen atoms in total. The molecule has 190 valence electrons. The molecule has 2 aromatic heterocycles. The van der Waals surface area contributed by atoms with Gasteiger partial charge in [0.1, 0.15) is 16.1 Å². The fraction of sp³-hybridized carbons (Fsp3) is 0.375. The average Bonchev–Trinajstić information content (AvgIpc) is 3.31. The fourth-order valence-electron chi connectivity index (χ4n) is 4.55. The zero-order valence-corrected chi connectivity index (χ0v) is 21.9. The Morgan fingerprint density at radius 3 is 2.67 bits per heavy atom. The number of piperazine rings is 1. The molecule has 0 bridgehead atoms. The molecule has 2 aliphatic rings. The average molecular weight is 548 g/mol. The number of halogens is 1. The molecule has 12 heteroatoms. The van der Waals surface area contributed by atoms with Gasteiger partial charge in [0.2, 0.25) is 11.8 Å². The van der Waals surface area contributed by atoms with Crippen molar-refractivity contribution in [2.75, 3.05) is 44.2 Å². The number of hydrogen-bond acceptors (Lipinski definition) is 7. The van der Waals surface area contributed by atoms with Crippen molar-refractivity contribution in [3.05, 3.63) is 53.7 Å². The van der Waals surface area contributed by atoms with Gasteiger partial charge in [-0.3, -0.25) is 9.59 Å². The Hall–Kier alpha value is -2.73. The van der Waals surface area contributed by atoms with Gasteiger partial charge in [-0.1, -0.05) is 23.7 Å². The summed E-state index contributed by atoms with van der Waals surface area (Å²) >= 11 is 7.13. The molecule has 0 spiro atoms. The van der Waals surface area contributed by atoms with Crippen LogP contribution in [0.1, 0.15) is 12.8 Å². The number of pyridine rings is 1. The Balaban J connectivity index is 1.19. The van der Waals surface area contributed by atoms with E-state index in [1.54, 1.807) is 35.4 Å². The van der Waals surface area contributed by atoms with Gasteiger partial charge in [-0.25, -0.2) is 13.4 Å². The molecule has 5 rings (SSSR count). The monoisotopic (exact) mass is 547 g/mol. The van der Waals surface area contributed by atoms with Crippen molar-refractivity contribution in [3.63, 3.8) is 0 Å². The molecule has 1 aromatic carbocycles. The summed E-state index contributed by atoms with van der Waals surface area (Å²) in [5, 5.41) is 1.30. The number of sulfonamides is 1. The lowest BCUT2D eigenvalue weighted by atomic mass is 10.1. The lowest BCUT2D eigenvalue weighted by Crippen LogP contribution is -2.56. The summed E-state index contributed by atoms with van der Waals surface area (Å²) in [6.45, 7) is 2.80. The third-order valence-corrected chi connectivity index (χ3v) is 9.76. The third-order valence-electron chi connectivity index (χ3n) is 6.48. The second-order valence-corrected chi connectivity index (χ2v) is 12.3. The molecular formula is C24H26ClN5O4S2. The van der Waals surface area contributed by atoms with Crippen molar-refractivity contribution < 1.29 is 18.0 Å². The number of piperidine rings is 1. The van der Waals surface area contributed by atoms with Crippen LogP contribution >= 0.6 is 22.9 Å². The molecule has 1 N–H and O–H groups in total. The highest BCUT2D eigenvalue weighted by Gasteiger charge is 2.35. The van der Waals surface area contributed by atoms with Crippen LogP contribution < -0.4 is 9.62 Å². The lowest BCUT2D eigenvalue weighted by Gasteiger charge is -2.37. The summed E-state index contributed by atoms with van der Waals surface area (Å²) < 4.78 is 29.5. The number of hydrogen-bond donors (Lipinski definition) is 1. The van der Waals surface area contributed by atoms with E-state index < -0.39 is 16.1 Å². The molecule has 2 saturated heterocycles. The van der Waals surface area contributed by atoms with E-state index >= 15 is 0 Å². The summed E-state index contributed by atoms with van der Waals surface area (Å²) in [6.07, 6.45) is 2.75. The van der Waals surface area contributed by atoms with E-state index in [2.05, 4.69) is 14.6 Å². The van der Waals surface area contributed by atoms with Gasteiger partial charge in [0, 0.05) is 48.6 Å². The van der Waals surface area contributed by atoms with E-state index in [9.17, 15) is 18.0 Å². The van der Waals surface area contributed by atoms with Crippen LogP contribution in [0.25, 0.3) is 10.1 Å². The van der Waals surface area contributed by atoms with Gasteiger partial charge < -0.3 is 14.7 Å². The molecule has 2 aliphatic heterocycles. The number of likely N-dealkylation sites (tertiary alicyclic amines) is 1. The van der Waals surface area contributed by atoms with Crippen molar-refractivity contribution in [3.8, 4) is 0 Å². The summed E-state index contributed by atoms with van der Waals surface area (Å²) in [5.74, 6) is 0.385. The number of nitrogens with zero attached hydrogens (tertiary/aromatic N) is 4. The maximum absolute atomic E-state index is 13.1. The Bertz CT molecular complexity index is 1370. The van der Waals surface area contributed by atoms with Gasteiger partial charge in [-0.05, 0) is 48.6 Å². The van der Waals surface area contributed by atoms with Crippen molar-refractivity contribution in [2.45, 2.75) is 23.1 Å². The number of amides is 2. The highest BCUT2D eigenvalue weighted by atomic mass is 35.5. The van der Waals surface area contributed by atoms with E-state index in [1.807, 2.05) is 18.2 Å². The molecule has 0 aliphatic carbocycles. The van der Waals surface area contributed by atoms with Crippen LogP contribution in [0, 0.1) is 0 Å². The molecule has 1 unspecified atom stereocenters. The number of carbonyl (C=O) groups is 2. The quantitative estimate of drug-likeness (QED) is 0.509. The van der Waals surface area contributed by atoms with Crippen LogP contribution in [0.5, 0.6) is 0 Å². The summed E-state index contributed by atoms with van der Waals surface area (Å²) in [4.78, 5) is 35.8. The first-order valence-electron chi connectivity index (χ1n) is 11.7. The summed E-state index contributed by atoms with van der Waals surface area (Å²) in [6, 6.07) is 11.6. The van der Waals surface area contributed by atoms with E-state index in [4.69, 9.17) is 11.6 Å². The molecule has 2 amide bonds. The molecule has 0 radical (unpaired) electrons. The van der Waals surface area contributed by atoms with Gasteiger partial charge >= 0.3 is 0 Å². The number of fused-ring (bicyclic) bond motifs is 1. The SMILES string of the molecule is O=C(CN1CCCC(NS(=O)(=O)c2cc3ccc(Cl)cc3s2)C1=O)N1CCN(c2ccccn2)CC1. The van der Waals surface area contributed by atoms with Gasteiger partial charge in [-0.2, -0.15) is 4.72 Å². The van der Waals surface area contributed by atoms with E-state index in [1.165, 1.54) is 4.90 Å². The van der Waals surface area contributed by atoms with E-state index in [0.717, 1.165) is 27.2 Å². The maximum Gasteiger partial charge on any atom is 0.250 e. The number of carbonyl (C=O) groups excluding carboxylic acids is 2. The van der Waals surface area contributed by atoms with Gasteiger partial charge in [0.05, 0.1) is 6.54 Å². The number of rotatable bonds is 6. The largest absolute Gasteiger partial charge is 0.353 e.